The number of carbonyl (C=O) groups is 1. The van der Waals surface area contributed by atoms with Gasteiger partial charge in [-0.15, -0.1) is 0 Å². The van der Waals surface area contributed by atoms with Gasteiger partial charge in [0.25, 0.3) is 0 Å². The van der Waals surface area contributed by atoms with Crippen molar-refractivity contribution in [3.8, 4) is 5.75 Å². The Balaban J connectivity index is 2.03. The molecule has 0 fully saturated rings. The molecule has 0 aliphatic rings. The van der Waals surface area contributed by atoms with Gasteiger partial charge in [-0.3, -0.25) is 4.79 Å². The van der Waals surface area contributed by atoms with E-state index in [9.17, 15) is 4.79 Å². The highest BCUT2D eigenvalue weighted by Crippen LogP contribution is 2.27. The van der Waals surface area contributed by atoms with E-state index in [0.29, 0.717) is 15.8 Å². The molecular weight excluding hydrogens is 263 g/mol. The van der Waals surface area contributed by atoms with Crippen LogP contribution in [0.3, 0.4) is 0 Å². The van der Waals surface area contributed by atoms with Crippen LogP contribution in [0.4, 0.5) is 0 Å². The van der Waals surface area contributed by atoms with Crippen molar-refractivity contribution < 1.29 is 13.9 Å². The van der Waals surface area contributed by atoms with Crippen LogP contribution in [-0.2, 0) is 0 Å². The van der Waals surface area contributed by atoms with Crippen molar-refractivity contribution >= 4 is 29.0 Å². The van der Waals surface area contributed by atoms with Crippen molar-refractivity contribution in [2.24, 2.45) is 0 Å². The standard InChI is InChI=1S/C12H8Cl2O3/c13-8-3-4-9(14)12(6-8)17-7-10(15)11-2-1-5-16-11/h1-6H,7H2. The largest absolute Gasteiger partial charge is 0.484 e. The van der Waals surface area contributed by atoms with Gasteiger partial charge in [-0.2, -0.15) is 0 Å². The van der Waals surface area contributed by atoms with Gasteiger partial charge in [0.1, 0.15) is 5.75 Å². The Bertz CT molecular complexity index is 521. The van der Waals surface area contributed by atoms with Gasteiger partial charge < -0.3 is 9.15 Å². The van der Waals surface area contributed by atoms with Crippen molar-refractivity contribution in [1.29, 1.82) is 0 Å². The van der Waals surface area contributed by atoms with Gasteiger partial charge >= 0.3 is 0 Å². The molecule has 5 heteroatoms. The lowest BCUT2D eigenvalue weighted by Crippen LogP contribution is -2.10. The molecule has 1 heterocycles. The van der Waals surface area contributed by atoms with Crippen LogP contribution in [0.15, 0.2) is 41.0 Å². The summed E-state index contributed by atoms with van der Waals surface area (Å²) < 4.78 is 10.2. The number of benzene rings is 1. The normalized spacial score (nSPS) is 10.2. The number of hydrogen-bond donors (Lipinski definition) is 0. The van der Waals surface area contributed by atoms with E-state index in [0.717, 1.165) is 0 Å². The number of halogens is 2. The van der Waals surface area contributed by atoms with Crippen molar-refractivity contribution in [2.45, 2.75) is 0 Å². The van der Waals surface area contributed by atoms with Gasteiger partial charge in [-0.05, 0) is 24.3 Å². The van der Waals surface area contributed by atoms with Crippen molar-refractivity contribution in [1.82, 2.24) is 0 Å². The predicted octanol–water partition coefficient (Wildman–Crippen LogP) is 3.85. The van der Waals surface area contributed by atoms with Crippen LogP contribution in [0.25, 0.3) is 0 Å². The van der Waals surface area contributed by atoms with Gasteiger partial charge in [-0.25, -0.2) is 0 Å². The third-order valence-corrected chi connectivity index (χ3v) is 2.60. The molecule has 1 aromatic carbocycles. The van der Waals surface area contributed by atoms with Crippen LogP contribution in [-0.4, -0.2) is 12.4 Å². The Morgan fingerprint density at radius 1 is 1.29 bits per heavy atom. The van der Waals surface area contributed by atoms with E-state index in [1.165, 1.54) is 6.26 Å². The second-order valence-corrected chi connectivity index (χ2v) is 4.11. The number of ether oxygens (including phenoxy) is 1. The molecule has 0 atom stereocenters. The lowest BCUT2D eigenvalue weighted by Gasteiger charge is -2.06. The van der Waals surface area contributed by atoms with Gasteiger partial charge in [-0.1, -0.05) is 23.2 Å². The maximum absolute atomic E-state index is 11.6. The summed E-state index contributed by atoms with van der Waals surface area (Å²) in [5.41, 5.74) is 0. The number of Topliss-reactive ketones (excluding diaryl/α,β-unsaturated/α-hetero) is 1. The Morgan fingerprint density at radius 3 is 2.82 bits per heavy atom. The molecule has 0 bridgehead atoms. The Hall–Kier alpha value is -1.45. The highest BCUT2D eigenvalue weighted by molar-refractivity contribution is 6.34. The zero-order valence-electron chi connectivity index (χ0n) is 8.65. The molecular formula is C12H8Cl2O3. The number of furan rings is 1. The molecule has 2 rings (SSSR count). The molecule has 3 nitrogen and oxygen atoms in total. The summed E-state index contributed by atoms with van der Waals surface area (Å²) in [6.45, 7) is -0.145. The average molecular weight is 271 g/mol. The minimum absolute atomic E-state index is 0.145. The quantitative estimate of drug-likeness (QED) is 0.793. The molecule has 17 heavy (non-hydrogen) atoms. The van der Waals surface area contributed by atoms with Crippen LogP contribution >= 0.6 is 23.2 Å². The van der Waals surface area contributed by atoms with E-state index in [-0.39, 0.29) is 18.2 Å². The van der Waals surface area contributed by atoms with E-state index >= 15 is 0 Å². The van der Waals surface area contributed by atoms with Crippen molar-refractivity contribution in [3.63, 3.8) is 0 Å². The second kappa shape index (κ2) is 5.25. The lowest BCUT2D eigenvalue weighted by molar-refractivity contribution is 0.0894. The summed E-state index contributed by atoms with van der Waals surface area (Å²) in [5, 5.41) is 0.900. The molecule has 0 N–H and O–H groups in total. The number of carbonyl (C=O) groups excluding carboxylic acids is 1. The maximum atomic E-state index is 11.6. The fourth-order valence-electron chi connectivity index (χ4n) is 1.24. The highest BCUT2D eigenvalue weighted by Gasteiger charge is 2.11. The van der Waals surface area contributed by atoms with E-state index < -0.39 is 0 Å². The Morgan fingerprint density at radius 2 is 2.12 bits per heavy atom. The average Bonchev–Trinajstić information content (AvgIpc) is 2.83. The number of ketones is 1. The SMILES string of the molecule is O=C(COc1cc(Cl)ccc1Cl)c1ccco1. The molecule has 0 aliphatic carbocycles. The maximum Gasteiger partial charge on any atom is 0.235 e. The molecule has 0 radical (unpaired) electrons. The summed E-state index contributed by atoms with van der Waals surface area (Å²) in [5.74, 6) is 0.369. The zero-order chi connectivity index (χ0) is 12.3. The Kier molecular flexibility index (Phi) is 3.71. The molecule has 0 saturated carbocycles. The third-order valence-electron chi connectivity index (χ3n) is 2.05. The topological polar surface area (TPSA) is 39.4 Å². The second-order valence-electron chi connectivity index (χ2n) is 3.26. The van der Waals surface area contributed by atoms with Gasteiger partial charge in [0.05, 0.1) is 11.3 Å². The lowest BCUT2D eigenvalue weighted by atomic mass is 10.3. The van der Waals surface area contributed by atoms with E-state index in [1.54, 1.807) is 30.3 Å². The smallest absolute Gasteiger partial charge is 0.235 e. The number of hydrogen-bond acceptors (Lipinski definition) is 3. The van der Waals surface area contributed by atoms with Gasteiger partial charge in [0.2, 0.25) is 5.78 Å². The molecule has 88 valence electrons. The molecule has 0 spiro atoms. The van der Waals surface area contributed by atoms with Gasteiger partial charge in [0, 0.05) is 11.1 Å². The molecule has 0 saturated heterocycles. The summed E-state index contributed by atoms with van der Waals surface area (Å²) in [7, 11) is 0. The predicted molar refractivity (Wildman–Crippen MR) is 65.0 cm³/mol. The first-order valence-electron chi connectivity index (χ1n) is 4.81. The van der Waals surface area contributed by atoms with Gasteiger partial charge in [0.15, 0.2) is 12.4 Å². The van der Waals surface area contributed by atoms with E-state index in [2.05, 4.69) is 0 Å². The molecule has 0 aliphatic heterocycles. The zero-order valence-corrected chi connectivity index (χ0v) is 10.2. The first-order chi connectivity index (χ1) is 8.16. The molecule has 1 aromatic heterocycles. The Labute approximate surface area is 108 Å². The third kappa shape index (κ3) is 3.02. The minimum atomic E-state index is -0.258. The van der Waals surface area contributed by atoms with E-state index in [1.807, 2.05) is 0 Å². The highest BCUT2D eigenvalue weighted by atomic mass is 35.5. The monoisotopic (exact) mass is 270 g/mol. The molecule has 0 amide bonds. The molecule has 2 aromatic rings. The molecule has 0 unspecified atom stereocenters. The van der Waals surface area contributed by atoms with Crippen molar-refractivity contribution in [3.05, 3.63) is 52.4 Å². The summed E-state index contributed by atoms with van der Waals surface area (Å²) in [6, 6.07) is 8.02. The fraction of sp³-hybridized carbons (Fsp3) is 0.0833. The van der Waals surface area contributed by atoms with E-state index in [4.69, 9.17) is 32.4 Å². The first kappa shape index (κ1) is 12.0. The van der Waals surface area contributed by atoms with Crippen LogP contribution in [0.2, 0.25) is 10.0 Å². The van der Waals surface area contributed by atoms with Crippen LogP contribution < -0.4 is 4.74 Å². The van der Waals surface area contributed by atoms with Crippen LogP contribution in [0.5, 0.6) is 5.75 Å². The minimum Gasteiger partial charge on any atom is -0.484 e. The van der Waals surface area contributed by atoms with Crippen molar-refractivity contribution in [2.75, 3.05) is 6.61 Å². The summed E-state index contributed by atoms with van der Waals surface area (Å²) >= 11 is 11.7. The number of rotatable bonds is 4. The van der Waals surface area contributed by atoms with Crippen LogP contribution in [0, 0.1) is 0 Å². The first-order valence-corrected chi connectivity index (χ1v) is 5.57. The summed E-state index contributed by atoms with van der Waals surface area (Å²) in [4.78, 5) is 11.6. The van der Waals surface area contributed by atoms with Crippen LogP contribution in [0.1, 0.15) is 10.6 Å². The fourth-order valence-corrected chi connectivity index (χ4v) is 1.57. The summed E-state index contributed by atoms with van der Waals surface area (Å²) in [6.07, 6.45) is 1.43.